The topological polar surface area (TPSA) is 41.6 Å². The van der Waals surface area contributed by atoms with Crippen molar-refractivity contribution in [3.05, 3.63) is 52.2 Å². The van der Waals surface area contributed by atoms with Crippen molar-refractivity contribution in [2.45, 2.75) is 31.7 Å². The summed E-state index contributed by atoms with van der Waals surface area (Å²) < 4.78 is 5.21. The zero-order chi connectivity index (χ0) is 18.1. The van der Waals surface area contributed by atoms with Gasteiger partial charge in [-0.05, 0) is 62.5 Å². The van der Waals surface area contributed by atoms with Crippen LogP contribution in [0.4, 0.5) is 0 Å². The zero-order valence-electron chi connectivity index (χ0n) is 15.3. The summed E-state index contributed by atoms with van der Waals surface area (Å²) in [6.07, 6.45) is 3.65. The average molecular weight is 361 g/mol. The second-order valence-corrected chi connectivity index (χ2v) is 7.38. The van der Waals surface area contributed by atoms with Gasteiger partial charge in [0.05, 0.1) is 13.2 Å². The molecule has 0 aliphatic rings. The molecule has 0 spiro atoms. The first-order chi connectivity index (χ1) is 12.1. The predicted molar refractivity (Wildman–Crippen MR) is 104 cm³/mol. The molecule has 1 amide bonds. The molecule has 1 aromatic carbocycles. The second kappa shape index (κ2) is 10.2. The van der Waals surface area contributed by atoms with E-state index in [9.17, 15) is 4.79 Å². The summed E-state index contributed by atoms with van der Waals surface area (Å²) in [5.74, 6) is 0.975. The van der Waals surface area contributed by atoms with Gasteiger partial charge in [0.1, 0.15) is 5.75 Å². The Morgan fingerprint density at radius 2 is 1.96 bits per heavy atom. The van der Waals surface area contributed by atoms with Gasteiger partial charge >= 0.3 is 0 Å². The highest BCUT2D eigenvalue weighted by Crippen LogP contribution is 2.20. The molecule has 136 valence electrons. The summed E-state index contributed by atoms with van der Waals surface area (Å²) in [6.45, 7) is 0.614. The van der Waals surface area contributed by atoms with E-state index < -0.39 is 0 Å². The highest BCUT2D eigenvalue weighted by Gasteiger charge is 2.15. The Kier molecular flexibility index (Phi) is 7.95. The zero-order valence-corrected chi connectivity index (χ0v) is 16.1. The lowest BCUT2D eigenvalue weighted by atomic mass is 10.1. The van der Waals surface area contributed by atoms with Gasteiger partial charge in [-0.25, -0.2) is 0 Å². The van der Waals surface area contributed by atoms with Crippen molar-refractivity contribution in [1.82, 2.24) is 10.2 Å². The first-order valence-electron chi connectivity index (χ1n) is 8.69. The van der Waals surface area contributed by atoms with Crippen LogP contribution in [0, 0.1) is 0 Å². The van der Waals surface area contributed by atoms with Crippen LogP contribution in [0.3, 0.4) is 0 Å². The number of nitrogens with zero attached hydrogens (tertiary/aromatic N) is 1. The number of carbonyl (C=O) groups excluding carboxylic acids is 1. The molecule has 0 saturated heterocycles. The Bertz CT molecular complexity index is 624. The lowest BCUT2D eigenvalue weighted by molar-refractivity contribution is -0.121. The molecule has 1 heterocycles. The SMILES string of the molecule is COc1ccc(C(CNC(=O)CCCCc2cccs2)N(C)C)cc1. The normalized spacial score (nSPS) is 12.2. The van der Waals surface area contributed by atoms with Crippen molar-refractivity contribution in [2.75, 3.05) is 27.7 Å². The Hall–Kier alpha value is -1.85. The number of methoxy groups -OCH3 is 1. The van der Waals surface area contributed by atoms with Gasteiger partial charge in [-0.3, -0.25) is 4.79 Å². The molecule has 0 saturated carbocycles. The fourth-order valence-electron chi connectivity index (χ4n) is 2.76. The first-order valence-corrected chi connectivity index (χ1v) is 9.57. The number of nitrogens with one attached hydrogen (secondary N) is 1. The lowest BCUT2D eigenvalue weighted by Gasteiger charge is -2.25. The van der Waals surface area contributed by atoms with Crippen LogP contribution in [0.25, 0.3) is 0 Å². The molecule has 2 rings (SSSR count). The third kappa shape index (κ3) is 6.52. The maximum atomic E-state index is 12.1. The average Bonchev–Trinajstić information content (AvgIpc) is 3.12. The van der Waals surface area contributed by atoms with Crippen LogP contribution < -0.4 is 10.1 Å². The van der Waals surface area contributed by atoms with Crippen LogP contribution in [0.5, 0.6) is 5.75 Å². The van der Waals surface area contributed by atoms with Crippen LogP contribution in [0.15, 0.2) is 41.8 Å². The third-order valence-electron chi connectivity index (χ3n) is 4.27. The van der Waals surface area contributed by atoms with E-state index in [-0.39, 0.29) is 11.9 Å². The third-order valence-corrected chi connectivity index (χ3v) is 5.21. The largest absolute Gasteiger partial charge is 0.497 e. The van der Waals surface area contributed by atoms with Crippen LogP contribution >= 0.6 is 11.3 Å². The van der Waals surface area contributed by atoms with Gasteiger partial charge < -0.3 is 15.0 Å². The molecule has 0 aliphatic heterocycles. The van der Waals surface area contributed by atoms with Crippen molar-refractivity contribution < 1.29 is 9.53 Å². The number of hydrogen-bond donors (Lipinski definition) is 1. The monoisotopic (exact) mass is 360 g/mol. The number of unbranched alkanes of at least 4 members (excludes halogenated alkanes) is 1. The van der Waals surface area contributed by atoms with Crippen LogP contribution in [0.2, 0.25) is 0 Å². The van der Waals surface area contributed by atoms with E-state index in [2.05, 4.69) is 39.9 Å². The number of rotatable bonds is 10. The van der Waals surface area contributed by atoms with Crippen molar-refractivity contribution in [3.63, 3.8) is 0 Å². The van der Waals surface area contributed by atoms with Crippen molar-refractivity contribution >= 4 is 17.2 Å². The summed E-state index contributed by atoms with van der Waals surface area (Å²) in [6, 6.07) is 12.4. The van der Waals surface area contributed by atoms with Gasteiger partial charge in [-0.1, -0.05) is 18.2 Å². The van der Waals surface area contributed by atoms with Crippen molar-refractivity contribution in [2.24, 2.45) is 0 Å². The summed E-state index contributed by atoms with van der Waals surface area (Å²) in [5.41, 5.74) is 1.17. The van der Waals surface area contributed by atoms with Gasteiger partial charge in [0.25, 0.3) is 0 Å². The minimum absolute atomic E-state index is 0.131. The summed E-state index contributed by atoms with van der Waals surface area (Å²) in [7, 11) is 5.72. The maximum absolute atomic E-state index is 12.1. The molecule has 2 aromatic rings. The number of aryl methyl sites for hydroxylation is 1. The Balaban J connectivity index is 1.74. The van der Waals surface area contributed by atoms with Gasteiger partial charge in [0, 0.05) is 17.8 Å². The molecule has 25 heavy (non-hydrogen) atoms. The standard InChI is InChI=1S/C20H28N2O2S/c1-22(2)19(16-10-12-17(24-3)13-11-16)15-21-20(23)9-5-4-7-18-8-6-14-25-18/h6,8,10-14,19H,4-5,7,9,15H2,1-3H3,(H,21,23). The molecule has 1 atom stereocenters. The van der Waals surface area contributed by atoms with Gasteiger partial charge in [-0.2, -0.15) is 0 Å². The minimum atomic E-state index is 0.131. The van der Waals surface area contributed by atoms with Gasteiger partial charge in [-0.15, -0.1) is 11.3 Å². The Labute approximate surface area is 154 Å². The molecule has 0 fully saturated rings. The lowest BCUT2D eigenvalue weighted by Crippen LogP contribution is -2.34. The fourth-order valence-corrected chi connectivity index (χ4v) is 3.51. The van der Waals surface area contributed by atoms with Gasteiger partial charge in [0.15, 0.2) is 0 Å². The highest BCUT2D eigenvalue weighted by atomic mass is 32.1. The molecule has 1 aromatic heterocycles. The minimum Gasteiger partial charge on any atom is -0.497 e. The summed E-state index contributed by atoms with van der Waals surface area (Å²) in [5, 5.41) is 5.18. The van der Waals surface area contributed by atoms with E-state index in [1.807, 2.05) is 26.2 Å². The smallest absolute Gasteiger partial charge is 0.220 e. The summed E-state index contributed by atoms with van der Waals surface area (Å²) >= 11 is 1.78. The first kappa shape index (κ1) is 19.5. The van der Waals surface area contributed by atoms with Crippen LogP contribution in [-0.2, 0) is 11.2 Å². The molecular formula is C20H28N2O2S. The Morgan fingerprint density at radius 1 is 1.20 bits per heavy atom. The molecule has 1 unspecified atom stereocenters. The predicted octanol–water partition coefficient (Wildman–Crippen LogP) is 3.89. The van der Waals surface area contributed by atoms with E-state index in [0.29, 0.717) is 13.0 Å². The molecule has 4 nitrogen and oxygen atoms in total. The number of ether oxygens (including phenoxy) is 1. The highest BCUT2D eigenvalue weighted by molar-refractivity contribution is 7.09. The molecule has 0 aliphatic carbocycles. The number of thiophene rings is 1. The number of likely N-dealkylation sites (N-methyl/N-ethyl adjacent to an activating group) is 1. The van der Waals surface area contributed by atoms with Crippen molar-refractivity contribution in [3.8, 4) is 5.75 Å². The van der Waals surface area contributed by atoms with Crippen LogP contribution in [-0.4, -0.2) is 38.6 Å². The molecular weight excluding hydrogens is 332 g/mol. The van der Waals surface area contributed by atoms with E-state index in [4.69, 9.17) is 4.74 Å². The second-order valence-electron chi connectivity index (χ2n) is 6.34. The number of hydrogen-bond acceptors (Lipinski definition) is 4. The van der Waals surface area contributed by atoms with E-state index in [1.54, 1.807) is 18.4 Å². The number of amides is 1. The summed E-state index contributed by atoms with van der Waals surface area (Å²) in [4.78, 5) is 15.6. The van der Waals surface area contributed by atoms with E-state index in [1.165, 1.54) is 10.4 Å². The fraction of sp³-hybridized carbons (Fsp3) is 0.450. The molecule has 5 heteroatoms. The maximum Gasteiger partial charge on any atom is 0.220 e. The Morgan fingerprint density at radius 3 is 2.56 bits per heavy atom. The number of carbonyl (C=O) groups is 1. The molecule has 0 bridgehead atoms. The van der Waals surface area contributed by atoms with Crippen molar-refractivity contribution in [1.29, 1.82) is 0 Å². The number of benzene rings is 1. The molecule has 1 N–H and O–H groups in total. The van der Waals surface area contributed by atoms with Gasteiger partial charge in [0.2, 0.25) is 5.91 Å². The van der Waals surface area contributed by atoms with E-state index in [0.717, 1.165) is 25.0 Å². The molecule has 0 radical (unpaired) electrons. The van der Waals surface area contributed by atoms with E-state index >= 15 is 0 Å². The van der Waals surface area contributed by atoms with Crippen LogP contribution in [0.1, 0.15) is 35.7 Å². The quantitative estimate of drug-likeness (QED) is 0.654.